The maximum atomic E-state index is 12.5. The highest BCUT2D eigenvalue weighted by molar-refractivity contribution is 7.89. The summed E-state index contributed by atoms with van der Waals surface area (Å²) in [6.45, 7) is 0.564. The smallest absolute Gasteiger partial charge is 0.392 e. The normalized spacial score (nSPS) is 13.2. The zero-order chi connectivity index (χ0) is 15.6. The molecule has 116 valence electrons. The summed E-state index contributed by atoms with van der Waals surface area (Å²) < 4.78 is 62.2. The third-order valence-corrected chi connectivity index (χ3v) is 4.42. The molecule has 6 nitrogen and oxygen atoms in total. The first-order valence-electron chi connectivity index (χ1n) is 5.85. The maximum Gasteiger partial charge on any atom is 0.402 e. The number of hydrogen-bond donors (Lipinski definition) is 2. The lowest BCUT2D eigenvalue weighted by Gasteiger charge is -2.22. The van der Waals surface area contributed by atoms with Crippen molar-refractivity contribution in [2.24, 2.45) is 0 Å². The first kappa shape index (κ1) is 16.9. The summed E-state index contributed by atoms with van der Waals surface area (Å²) in [5.74, 6) is 0. The molecule has 20 heavy (non-hydrogen) atoms. The second kappa shape index (κ2) is 6.10. The monoisotopic (exact) mass is 315 g/mol. The molecule has 0 amide bonds. The molecule has 0 unspecified atom stereocenters. The van der Waals surface area contributed by atoms with Crippen LogP contribution in [0.5, 0.6) is 0 Å². The molecule has 1 rings (SSSR count). The Balaban J connectivity index is 3.22. The lowest BCUT2D eigenvalue weighted by Crippen LogP contribution is -2.39. The average Bonchev–Trinajstić information content (AvgIpc) is 2.68. The fraction of sp³-hybridized carbons (Fsp3) is 0.700. The Morgan fingerprint density at radius 3 is 2.45 bits per heavy atom. The van der Waals surface area contributed by atoms with E-state index >= 15 is 0 Å². The Morgan fingerprint density at radius 1 is 1.40 bits per heavy atom. The van der Waals surface area contributed by atoms with E-state index in [0.29, 0.717) is 10.00 Å². The molecule has 0 aromatic carbocycles. The summed E-state index contributed by atoms with van der Waals surface area (Å²) in [7, 11) is -4.41. The zero-order valence-corrected chi connectivity index (χ0v) is 11.8. The maximum absolute atomic E-state index is 12.5. The van der Waals surface area contributed by atoms with E-state index in [0.717, 1.165) is 0 Å². The first-order valence-corrected chi connectivity index (χ1v) is 7.29. The van der Waals surface area contributed by atoms with Crippen LogP contribution in [0, 0.1) is 6.92 Å². The Hall–Kier alpha value is -1.13. The molecule has 0 radical (unpaired) electrons. The molecular formula is C10H16F3N3O3S. The number of H-pyrrole nitrogens is 1. The van der Waals surface area contributed by atoms with E-state index in [-0.39, 0.29) is 18.5 Å². The number of nitrogens with one attached hydrogen (secondary N) is 1. The Labute approximate surface area is 114 Å². The van der Waals surface area contributed by atoms with E-state index < -0.39 is 34.4 Å². The van der Waals surface area contributed by atoms with Crippen LogP contribution >= 0.6 is 0 Å². The van der Waals surface area contributed by atoms with Gasteiger partial charge in [0.2, 0.25) is 0 Å². The number of alkyl halides is 3. The Kier molecular flexibility index (Phi) is 5.16. The minimum atomic E-state index is -4.65. The number of aromatic amines is 1. The lowest BCUT2D eigenvalue weighted by atomic mass is 10.3. The van der Waals surface area contributed by atoms with Gasteiger partial charge in [-0.15, -0.1) is 0 Å². The average molecular weight is 315 g/mol. The molecule has 0 saturated carbocycles. The third-order valence-electron chi connectivity index (χ3n) is 2.61. The van der Waals surface area contributed by atoms with Gasteiger partial charge in [-0.05, 0) is 13.3 Å². The molecule has 0 aliphatic carbocycles. The van der Waals surface area contributed by atoms with Crippen molar-refractivity contribution in [3.05, 3.63) is 11.3 Å². The zero-order valence-electron chi connectivity index (χ0n) is 11.0. The summed E-state index contributed by atoms with van der Waals surface area (Å²) in [6, 6.07) is 0. The predicted octanol–water partition coefficient (Wildman–Crippen LogP) is 1.17. The molecule has 10 heteroatoms. The van der Waals surface area contributed by atoms with Crippen LogP contribution < -0.4 is 0 Å². The van der Waals surface area contributed by atoms with E-state index in [2.05, 4.69) is 10.2 Å². The molecule has 0 spiro atoms. The van der Waals surface area contributed by atoms with Gasteiger partial charge in [0, 0.05) is 17.8 Å². The number of rotatable bonds is 6. The molecule has 0 aliphatic heterocycles. The quantitative estimate of drug-likeness (QED) is 0.825. The molecule has 1 heterocycles. The topological polar surface area (TPSA) is 86.3 Å². The standard InChI is InChI=1S/C10H16F3N3O3S/c1-3-4-16(6-10(11,12)13)20(18,19)9-8(5-17)7(2)14-15-9/h17H,3-6H2,1-2H3,(H,14,15). The largest absolute Gasteiger partial charge is 0.402 e. The highest BCUT2D eigenvalue weighted by atomic mass is 32.2. The molecule has 2 N–H and O–H groups in total. The molecule has 0 saturated heterocycles. The van der Waals surface area contributed by atoms with Gasteiger partial charge in [-0.25, -0.2) is 8.42 Å². The molecule has 0 aliphatic rings. The van der Waals surface area contributed by atoms with E-state index in [4.69, 9.17) is 5.11 Å². The molecule has 1 aromatic rings. The van der Waals surface area contributed by atoms with Crippen LogP contribution in [-0.4, -0.2) is 47.3 Å². The summed E-state index contributed by atoms with van der Waals surface area (Å²) in [6.07, 6.45) is -4.42. The number of halogens is 3. The van der Waals surface area contributed by atoms with Crippen LogP contribution in [0.4, 0.5) is 13.2 Å². The summed E-state index contributed by atoms with van der Waals surface area (Å²) >= 11 is 0. The molecule has 0 bridgehead atoms. The van der Waals surface area contributed by atoms with Crippen molar-refractivity contribution in [1.29, 1.82) is 0 Å². The van der Waals surface area contributed by atoms with Crippen molar-refractivity contribution in [1.82, 2.24) is 14.5 Å². The highest BCUT2D eigenvalue weighted by Gasteiger charge is 2.38. The van der Waals surface area contributed by atoms with Gasteiger partial charge in [0.1, 0.15) is 6.54 Å². The van der Waals surface area contributed by atoms with Crippen molar-refractivity contribution in [3.8, 4) is 0 Å². The van der Waals surface area contributed by atoms with Crippen LogP contribution in [0.15, 0.2) is 5.03 Å². The number of nitrogens with zero attached hydrogens (tertiary/aromatic N) is 2. The van der Waals surface area contributed by atoms with Crippen molar-refractivity contribution >= 4 is 10.0 Å². The van der Waals surface area contributed by atoms with Crippen LogP contribution in [0.2, 0.25) is 0 Å². The van der Waals surface area contributed by atoms with Crippen molar-refractivity contribution in [2.75, 3.05) is 13.1 Å². The molecule has 0 atom stereocenters. The lowest BCUT2D eigenvalue weighted by molar-refractivity contribution is -0.136. The van der Waals surface area contributed by atoms with Crippen LogP contribution in [0.1, 0.15) is 24.6 Å². The SMILES string of the molecule is CCCN(CC(F)(F)F)S(=O)(=O)c1n[nH]c(C)c1CO. The van der Waals surface area contributed by atoms with Gasteiger partial charge in [-0.1, -0.05) is 6.92 Å². The van der Waals surface area contributed by atoms with Crippen LogP contribution in [0.25, 0.3) is 0 Å². The van der Waals surface area contributed by atoms with Gasteiger partial charge in [-0.3, -0.25) is 5.10 Å². The summed E-state index contributed by atoms with van der Waals surface area (Å²) in [5.41, 5.74) is 0.280. The van der Waals surface area contributed by atoms with Crippen molar-refractivity contribution in [2.45, 2.75) is 38.1 Å². The molecular weight excluding hydrogens is 299 g/mol. The minimum absolute atomic E-state index is 0.0201. The highest BCUT2D eigenvalue weighted by Crippen LogP contribution is 2.25. The third kappa shape index (κ3) is 3.70. The van der Waals surface area contributed by atoms with E-state index in [1.807, 2.05) is 0 Å². The van der Waals surface area contributed by atoms with E-state index in [1.165, 1.54) is 6.92 Å². The van der Waals surface area contributed by atoms with Crippen molar-refractivity contribution < 1.29 is 26.7 Å². The summed E-state index contributed by atoms with van der Waals surface area (Å²) in [4.78, 5) is 0. The number of aliphatic hydroxyl groups is 1. The van der Waals surface area contributed by atoms with Gasteiger partial charge in [0.25, 0.3) is 10.0 Å². The predicted molar refractivity (Wildman–Crippen MR) is 64.4 cm³/mol. The van der Waals surface area contributed by atoms with Gasteiger partial charge >= 0.3 is 6.18 Å². The molecule has 1 aromatic heterocycles. The fourth-order valence-corrected chi connectivity index (χ4v) is 3.36. The Bertz CT molecular complexity index is 554. The van der Waals surface area contributed by atoms with Crippen molar-refractivity contribution in [3.63, 3.8) is 0 Å². The van der Waals surface area contributed by atoms with Gasteiger partial charge < -0.3 is 5.11 Å². The number of aryl methyl sites for hydroxylation is 1. The number of hydrogen-bond acceptors (Lipinski definition) is 4. The van der Waals surface area contributed by atoms with E-state index in [1.54, 1.807) is 6.92 Å². The van der Waals surface area contributed by atoms with Crippen LogP contribution in [0.3, 0.4) is 0 Å². The van der Waals surface area contributed by atoms with Gasteiger partial charge in [-0.2, -0.15) is 22.6 Å². The second-order valence-corrected chi connectivity index (χ2v) is 6.10. The number of sulfonamides is 1. The fourth-order valence-electron chi connectivity index (χ4n) is 1.69. The number of aromatic nitrogens is 2. The minimum Gasteiger partial charge on any atom is -0.392 e. The molecule has 0 fully saturated rings. The Morgan fingerprint density at radius 2 is 2.00 bits per heavy atom. The van der Waals surface area contributed by atoms with Gasteiger partial charge in [0.15, 0.2) is 5.03 Å². The van der Waals surface area contributed by atoms with E-state index in [9.17, 15) is 21.6 Å². The van der Waals surface area contributed by atoms with Gasteiger partial charge in [0.05, 0.1) is 6.61 Å². The first-order chi connectivity index (χ1) is 9.13. The summed E-state index contributed by atoms with van der Waals surface area (Å²) in [5, 5.41) is 14.4. The van der Waals surface area contributed by atoms with Crippen LogP contribution in [-0.2, 0) is 16.6 Å². The second-order valence-electron chi connectivity index (χ2n) is 4.24. The number of aliphatic hydroxyl groups excluding tert-OH is 1.